The van der Waals surface area contributed by atoms with Crippen LogP contribution < -0.4 is 4.74 Å². The first kappa shape index (κ1) is 32.0. The van der Waals surface area contributed by atoms with E-state index in [1.165, 1.54) is 6.08 Å². The summed E-state index contributed by atoms with van der Waals surface area (Å²) in [6.07, 6.45) is 7.65. The van der Waals surface area contributed by atoms with Crippen molar-refractivity contribution in [3.63, 3.8) is 0 Å². The van der Waals surface area contributed by atoms with Crippen molar-refractivity contribution in [2.45, 2.75) is 83.7 Å². The molecule has 3 atom stereocenters. The van der Waals surface area contributed by atoms with Crippen molar-refractivity contribution >= 4 is 26.2 Å². The highest BCUT2D eigenvalue weighted by atomic mass is 28.4. The lowest BCUT2D eigenvalue weighted by molar-refractivity contribution is -0.131. The molecule has 1 aliphatic heterocycles. The standard InChI is InChI=1S/C33H42O7Si/c1-23-14-10-11-15-24-18-12-20-27(39-31(36)25-16-8-7-9-17-25)30(24)32(37)38-26(19-13-21-29(34)35)22-28(23)40-41(5,6)33(2,3)4/h7-13,16-18,20-21,23,26,28H,14-15,19,22H2,1-6H3,(H,34,35)/t23-,26?,28+/m0/s1. The van der Waals surface area contributed by atoms with E-state index in [4.69, 9.17) is 19.0 Å². The number of carboxylic acid groups (broad SMARTS) is 1. The average Bonchev–Trinajstić information content (AvgIpc) is 2.89. The van der Waals surface area contributed by atoms with Crippen LogP contribution in [0.2, 0.25) is 18.1 Å². The molecule has 8 heteroatoms. The Morgan fingerprint density at radius 1 is 1.07 bits per heavy atom. The first-order valence-electron chi connectivity index (χ1n) is 14.1. The maximum absolute atomic E-state index is 13.8. The number of cyclic esters (lactones) is 1. The number of hydrogen-bond donors (Lipinski definition) is 1. The fraction of sp³-hybridized carbons (Fsp3) is 0.424. The Morgan fingerprint density at radius 2 is 1.78 bits per heavy atom. The first-order chi connectivity index (χ1) is 19.3. The zero-order chi connectivity index (χ0) is 30.2. The van der Waals surface area contributed by atoms with Gasteiger partial charge in [-0.3, -0.25) is 0 Å². The zero-order valence-corrected chi connectivity index (χ0v) is 25.9. The Morgan fingerprint density at radius 3 is 2.44 bits per heavy atom. The largest absolute Gasteiger partial charge is 0.478 e. The smallest absolute Gasteiger partial charge is 0.343 e. The maximum Gasteiger partial charge on any atom is 0.343 e. The summed E-state index contributed by atoms with van der Waals surface area (Å²) in [5.74, 6) is -2.02. The van der Waals surface area contributed by atoms with Crippen molar-refractivity contribution in [1.82, 2.24) is 0 Å². The zero-order valence-electron chi connectivity index (χ0n) is 24.9. The molecule has 1 heterocycles. The topological polar surface area (TPSA) is 99.1 Å². The summed E-state index contributed by atoms with van der Waals surface area (Å²) >= 11 is 0. The van der Waals surface area contributed by atoms with Gasteiger partial charge >= 0.3 is 17.9 Å². The van der Waals surface area contributed by atoms with Gasteiger partial charge in [-0.05, 0) is 60.7 Å². The molecule has 7 nitrogen and oxygen atoms in total. The van der Waals surface area contributed by atoms with Crippen LogP contribution >= 0.6 is 0 Å². The molecule has 1 unspecified atom stereocenters. The van der Waals surface area contributed by atoms with E-state index in [-0.39, 0.29) is 34.8 Å². The van der Waals surface area contributed by atoms with Crippen LogP contribution in [0.5, 0.6) is 5.75 Å². The summed E-state index contributed by atoms with van der Waals surface area (Å²) in [5, 5.41) is 9.14. The second-order valence-electron chi connectivity index (χ2n) is 12.1. The minimum absolute atomic E-state index is 0.0158. The van der Waals surface area contributed by atoms with Gasteiger partial charge in [0.15, 0.2) is 8.32 Å². The lowest BCUT2D eigenvalue weighted by atomic mass is 9.93. The molecule has 0 saturated carbocycles. The number of carbonyl (C=O) groups excluding carboxylic acids is 2. The van der Waals surface area contributed by atoms with Crippen LogP contribution in [-0.2, 0) is 20.4 Å². The van der Waals surface area contributed by atoms with Crippen LogP contribution in [0, 0.1) is 5.92 Å². The van der Waals surface area contributed by atoms with Crippen molar-refractivity contribution in [3.05, 3.63) is 89.5 Å². The summed E-state index contributed by atoms with van der Waals surface area (Å²) in [6.45, 7) is 13.1. The number of benzene rings is 2. The van der Waals surface area contributed by atoms with Gasteiger partial charge in [-0.2, -0.15) is 0 Å². The van der Waals surface area contributed by atoms with Crippen molar-refractivity contribution in [1.29, 1.82) is 0 Å². The van der Waals surface area contributed by atoms with Gasteiger partial charge in [0.1, 0.15) is 17.4 Å². The highest BCUT2D eigenvalue weighted by Crippen LogP contribution is 2.39. The molecule has 0 saturated heterocycles. The lowest BCUT2D eigenvalue weighted by Gasteiger charge is -2.41. The molecular weight excluding hydrogens is 536 g/mol. The molecule has 0 spiro atoms. The Hall–Kier alpha value is -3.49. The molecule has 0 radical (unpaired) electrons. The number of carboxylic acids is 1. The normalized spacial score (nSPS) is 20.4. The van der Waals surface area contributed by atoms with E-state index in [2.05, 4.69) is 46.9 Å². The molecule has 3 rings (SSSR count). The molecule has 0 aliphatic carbocycles. The SMILES string of the molecule is C[C@H]1CC=CCc2cccc(OC(=O)c3ccccc3)c2C(=O)OC(CC=CC(=O)O)C[C@H]1O[Si](C)(C)C(C)(C)C. The molecule has 0 bridgehead atoms. The van der Waals surface area contributed by atoms with Crippen LogP contribution in [0.3, 0.4) is 0 Å². The third kappa shape index (κ3) is 9.00. The third-order valence-corrected chi connectivity index (χ3v) is 12.4. The second kappa shape index (κ2) is 13.9. The van der Waals surface area contributed by atoms with Gasteiger partial charge < -0.3 is 19.0 Å². The van der Waals surface area contributed by atoms with E-state index >= 15 is 0 Å². The van der Waals surface area contributed by atoms with E-state index in [0.717, 1.165) is 12.5 Å². The van der Waals surface area contributed by atoms with E-state index < -0.39 is 32.3 Å². The van der Waals surface area contributed by atoms with Crippen LogP contribution in [0.15, 0.2) is 72.8 Å². The summed E-state index contributed by atoms with van der Waals surface area (Å²) in [6, 6.07) is 13.7. The Kier molecular flexibility index (Phi) is 10.9. The summed E-state index contributed by atoms with van der Waals surface area (Å²) < 4.78 is 18.6. The van der Waals surface area contributed by atoms with Crippen LogP contribution in [0.25, 0.3) is 0 Å². The number of aliphatic carboxylic acids is 1. The molecule has 1 aliphatic rings. The summed E-state index contributed by atoms with van der Waals surface area (Å²) in [7, 11) is -2.17. The molecule has 0 amide bonds. The highest BCUT2D eigenvalue weighted by Gasteiger charge is 2.41. The molecule has 2 aromatic rings. The molecule has 41 heavy (non-hydrogen) atoms. The van der Waals surface area contributed by atoms with Crippen molar-refractivity contribution in [3.8, 4) is 5.75 Å². The molecule has 0 fully saturated rings. The van der Waals surface area contributed by atoms with Gasteiger partial charge in [0.2, 0.25) is 0 Å². The van der Waals surface area contributed by atoms with Gasteiger partial charge in [0.25, 0.3) is 0 Å². The molecule has 220 valence electrons. The van der Waals surface area contributed by atoms with Crippen molar-refractivity contribution in [2.75, 3.05) is 0 Å². The fourth-order valence-electron chi connectivity index (χ4n) is 4.40. The quantitative estimate of drug-likeness (QED) is 0.120. The van der Waals surface area contributed by atoms with Crippen molar-refractivity contribution < 1.29 is 33.4 Å². The second-order valence-corrected chi connectivity index (χ2v) is 16.8. The van der Waals surface area contributed by atoms with Crippen LogP contribution in [-0.4, -0.2) is 43.5 Å². The molecular formula is C33H42O7Si. The highest BCUT2D eigenvalue weighted by molar-refractivity contribution is 6.74. The van der Waals surface area contributed by atoms with E-state index in [1.807, 2.05) is 12.1 Å². The monoisotopic (exact) mass is 578 g/mol. The molecule has 1 N–H and O–H groups in total. The van der Waals surface area contributed by atoms with Crippen LogP contribution in [0.4, 0.5) is 0 Å². The number of rotatable bonds is 7. The van der Waals surface area contributed by atoms with Gasteiger partial charge in [0.05, 0.1) is 11.7 Å². The Bertz CT molecular complexity index is 1270. The predicted molar refractivity (Wildman–Crippen MR) is 162 cm³/mol. The number of esters is 2. The third-order valence-electron chi connectivity index (χ3n) is 7.86. The predicted octanol–water partition coefficient (Wildman–Crippen LogP) is 7.38. The number of carbonyl (C=O) groups is 3. The van der Waals surface area contributed by atoms with E-state index in [1.54, 1.807) is 42.5 Å². The Labute approximate surface area is 244 Å². The van der Waals surface area contributed by atoms with E-state index in [0.29, 0.717) is 24.0 Å². The lowest BCUT2D eigenvalue weighted by Crippen LogP contribution is -2.46. The van der Waals surface area contributed by atoms with Gasteiger partial charge in [-0.25, -0.2) is 14.4 Å². The van der Waals surface area contributed by atoms with Crippen LogP contribution in [0.1, 0.15) is 73.2 Å². The minimum atomic E-state index is -2.17. The van der Waals surface area contributed by atoms with Gasteiger partial charge in [-0.15, -0.1) is 0 Å². The minimum Gasteiger partial charge on any atom is -0.478 e. The number of fused-ring (bicyclic) bond motifs is 1. The average molecular weight is 579 g/mol. The summed E-state index contributed by atoms with van der Waals surface area (Å²) in [5.41, 5.74) is 1.22. The Balaban J connectivity index is 2.00. The molecule has 0 aromatic heterocycles. The first-order valence-corrected chi connectivity index (χ1v) is 17.0. The number of hydrogen-bond acceptors (Lipinski definition) is 6. The van der Waals surface area contributed by atoms with Gasteiger partial charge in [-0.1, -0.05) is 76.3 Å². The number of allylic oxidation sites excluding steroid dienone is 2. The van der Waals surface area contributed by atoms with E-state index in [9.17, 15) is 14.4 Å². The van der Waals surface area contributed by atoms with Crippen molar-refractivity contribution in [2.24, 2.45) is 5.92 Å². The number of ether oxygens (including phenoxy) is 2. The maximum atomic E-state index is 13.8. The molecule has 2 aromatic carbocycles. The fourth-order valence-corrected chi connectivity index (χ4v) is 5.84. The summed E-state index contributed by atoms with van der Waals surface area (Å²) in [4.78, 5) is 37.9. The van der Waals surface area contributed by atoms with Gasteiger partial charge in [0, 0.05) is 18.9 Å².